The smallest absolute Gasteiger partial charge is 0.153 e. The second-order valence-corrected chi connectivity index (χ2v) is 8.68. The summed E-state index contributed by atoms with van der Waals surface area (Å²) in [6.45, 7) is 6.10. The summed E-state index contributed by atoms with van der Waals surface area (Å²) in [4.78, 5) is 11.8. The van der Waals surface area contributed by atoms with E-state index in [1.807, 2.05) is 26.0 Å². The van der Waals surface area contributed by atoms with Crippen LogP contribution >= 0.6 is 11.6 Å². The first-order valence-corrected chi connectivity index (χ1v) is 10.7. The van der Waals surface area contributed by atoms with Crippen LogP contribution in [-0.2, 0) is 11.3 Å². The number of aromatic nitrogens is 2. The van der Waals surface area contributed by atoms with Crippen LogP contribution in [0.5, 0.6) is 5.75 Å². The molecule has 4 rings (SSSR count). The quantitative estimate of drug-likeness (QED) is 0.738. The highest BCUT2D eigenvalue weighted by Gasteiger charge is 2.47. The number of nitrogens with zero attached hydrogens (tertiary/aromatic N) is 3. The Morgan fingerprint density at radius 1 is 1.32 bits per heavy atom. The van der Waals surface area contributed by atoms with Crippen molar-refractivity contribution in [2.75, 3.05) is 31.7 Å². The van der Waals surface area contributed by atoms with Crippen LogP contribution in [0.15, 0.2) is 18.2 Å². The van der Waals surface area contributed by atoms with Gasteiger partial charge in [0.2, 0.25) is 0 Å². The highest BCUT2D eigenvalue weighted by Crippen LogP contribution is 2.42. The van der Waals surface area contributed by atoms with Crippen LogP contribution in [0.1, 0.15) is 38.6 Å². The molecule has 0 amide bonds. The Morgan fingerprint density at radius 3 is 2.61 bits per heavy atom. The van der Waals surface area contributed by atoms with Gasteiger partial charge in [-0.25, -0.2) is 9.97 Å². The van der Waals surface area contributed by atoms with Gasteiger partial charge in [-0.3, -0.25) is 0 Å². The number of hydrogen-bond acceptors (Lipinski definition) is 7. The molecule has 2 aromatic rings. The molecule has 2 aliphatic heterocycles. The summed E-state index contributed by atoms with van der Waals surface area (Å²) in [7, 11) is 1.58. The highest BCUT2D eigenvalue weighted by molar-refractivity contribution is 6.34. The maximum Gasteiger partial charge on any atom is 0.153 e. The van der Waals surface area contributed by atoms with Crippen LogP contribution in [0.3, 0.4) is 0 Å². The fourth-order valence-electron chi connectivity index (χ4n) is 4.64. The summed E-state index contributed by atoms with van der Waals surface area (Å²) in [6.07, 6.45) is 1.97. The molecule has 1 aromatic carbocycles. The lowest BCUT2D eigenvalue weighted by molar-refractivity contribution is 0.0973. The Kier molecular flexibility index (Phi) is 7.11. The fraction of sp³-hybridized carbons (Fsp3) is 0.565. The van der Waals surface area contributed by atoms with E-state index < -0.39 is 0 Å². The number of aryl methyl sites for hydroxylation is 1. The van der Waals surface area contributed by atoms with Gasteiger partial charge in [0.25, 0.3) is 0 Å². The van der Waals surface area contributed by atoms with Crippen LogP contribution < -0.4 is 15.4 Å². The molecule has 2 atom stereocenters. The molecule has 0 radical (unpaired) electrons. The lowest BCUT2D eigenvalue weighted by atomic mass is 9.73. The van der Waals surface area contributed by atoms with E-state index in [9.17, 15) is 5.11 Å². The van der Waals surface area contributed by atoms with E-state index in [4.69, 9.17) is 36.8 Å². The summed E-state index contributed by atoms with van der Waals surface area (Å²) >= 11 is 6.50. The first-order chi connectivity index (χ1) is 14.4. The monoisotopic (exact) mass is 448 g/mol. The number of aliphatic hydroxyl groups excluding tert-OH is 1. The van der Waals surface area contributed by atoms with Crippen LogP contribution in [0.25, 0.3) is 11.3 Å². The maximum atomic E-state index is 10.0. The zero-order valence-corrected chi connectivity index (χ0v) is 18.4. The highest BCUT2D eigenvalue weighted by atomic mass is 35.5. The Labute approximate surface area is 189 Å². The first-order valence-electron chi connectivity index (χ1n) is 10.3. The van der Waals surface area contributed by atoms with E-state index in [0.29, 0.717) is 28.8 Å². The van der Waals surface area contributed by atoms with Gasteiger partial charge in [0.1, 0.15) is 11.4 Å². The molecule has 0 saturated carbocycles. The number of halogens is 1. The summed E-state index contributed by atoms with van der Waals surface area (Å²) < 4.78 is 11.2. The van der Waals surface area contributed by atoms with Crippen molar-refractivity contribution < 1.29 is 14.6 Å². The molecule has 2 aliphatic rings. The number of rotatable bonds is 4. The Bertz CT molecular complexity index is 931. The topological polar surface area (TPSA) is 93.7 Å². The molecular formula is C23H33ClN4O3. The number of anilines is 1. The molecule has 1 spiro atoms. The second kappa shape index (κ2) is 9.28. The van der Waals surface area contributed by atoms with Gasteiger partial charge < -0.3 is 25.2 Å². The SMILES string of the molecule is C.COc1cccc(-c2nc(CO)c(N3CCC4(CC3)CO[C@@H](C)[C@H]4N)nc2C)c1Cl. The van der Waals surface area contributed by atoms with Crippen LogP contribution in [0.4, 0.5) is 5.82 Å². The van der Waals surface area contributed by atoms with Gasteiger partial charge in [0.05, 0.1) is 42.8 Å². The number of piperidine rings is 1. The Balaban J connectivity index is 0.00000272. The number of ether oxygens (including phenoxy) is 2. The molecule has 0 bridgehead atoms. The predicted octanol–water partition coefficient (Wildman–Crippen LogP) is 3.58. The fourth-order valence-corrected chi connectivity index (χ4v) is 4.94. The van der Waals surface area contributed by atoms with Gasteiger partial charge >= 0.3 is 0 Å². The average molecular weight is 449 g/mol. The minimum absolute atomic E-state index is 0. The number of methoxy groups -OCH3 is 1. The standard InChI is InChI=1S/C22H29ClN4O3.CH4/c1-13-19(15-5-4-6-17(29-3)18(15)23)26-16(11-28)21(25-13)27-9-7-22(8-10-27)12-30-14(2)20(22)24;/h4-6,14,20,28H,7-12,24H2,1-3H3;1H4/t14-,20+;/m0./s1. The summed E-state index contributed by atoms with van der Waals surface area (Å²) in [5, 5.41) is 10.5. The van der Waals surface area contributed by atoms with Crippen molar-refractivity contribution in [3.05, 3.63) is 34.6 Å². The van der Waals surface area contributed by atoms with Crippen molar-refractivity contribution in [1.82, 2.24) is 9.97 Å². The molecule has 2 saturated heterocycles. The van der Waals surface area contributed by atoms with Crippen molar-refractivity contribution >= 4 is 17.4 Å². The van der Waals surface area contributed by atoms with Gasteiger partial charge in [0.15, 0.2) is 5.82 Å². The number of nitrogens with two attached hydrogens (primary N) is 1. The van der Waals surface area contributed by atoms with Crippen LogP contribution in [0.2, 0.25) is 5.02 Å². The number of aliphatic hydroxyl groups is 1. The van der Waals surface area contributed by atoms with E-state index in [-0.39, 0.29) is 31.6 Å². The predicted molar refractivity (Wildman–Crippen MR) is 124 cm³/mol. The van der Waals surface area contributed by atoms with Gasteiger partial charge in [-0.05, 0) is 32.8 Å². The Hall–Kier alpha value is -1.93. The number of hydrogen-bond donors (Lipinski definition) is 2. The van der Waals surface area contributed by atoms with Crippen molar-refractivity contribution in [2.45, 2.75) is 52.9 Å². The third kappa shape index (κ3) is 4.12. The van der Waals surface area contributed by atoms with Crippen molar-refractivity contribution in [3.63, 3.8) is 0 Å². The molecule has 31 heavy (non-hydrogen) atoms. The first kappa shape index (κ1) is 23.7. The largest absolute Gasteiger partial charge is 0.495 e. The maximum absolute atomic E-state index is 10.0. The Morgan fingerprint density at radius 2 is 2.03 bits per heavy atom. The molecule has 8 heteroatoms. The van der Waals surface area contributed by atoms with Crippen molar-refractivity contribution in [2.24, 2.45) is 11.1 Å². The lowest BCUT2D eigenvalue weighted by Gasteiger charge is -2.42. The molecule has 170 valence electrons. The van der Waals surface area contributed by atoms with Gasteiger partial charge in [-0.1, -0.05) is 31.2 Å². The minimum Gasteiger partial charge on any atom is -0.495 e. The van der Waals surface area contributed by atoms with Crippen LogP contribution in [-0.4, -0.2) is 54.0 Å². The molecule has 0 unspecified atom stereocenters. The zero-order valence-electron chi connectivity index (χ0n) is 17.7. The molecular weight excluding hydrogens is 416 g/mol. The molecule has 7 nitrogen and oxygen atoms in total. The van der Waals surface area contributed by atoms with E-state index in [0.717, 1.165) is 43.0 Å². The van der Waals surface area contributed by atoms with E-state index in [2.05, 4.69) is 4.90 Å². The summed E-state index contributed by atoms with van der Waals surface area (Å²) in [5.74, 6) is 1.31. The van der Waals surface area contributed by atoms with Gasteiger partial charge in [-0.2, -0.15) is 0 Å². The van der Waals surface area contributed by atoms with E-state index >= 15 is 0 Å². The van der Waals surface area contributed by atoms with E-state index in [1.165, 1.54) is 0 Å². The summed E-state index contributed by atoms with van der Waals surface area (Å²) in [6, 6.07) is 5.61. The van der Waals surface area contributed by atoms with Crippen molar-refractivity contribution in [1.29, 1.82) is 0 Å². The molecule has 3 N–H and O–H groups in total. The minimum atomic E-state index is -0.196. The van der Waals surface area contributed by atoms with Crippen LogP contribution in [0, 0.1) is 12.3 Å². The average Bonchev–Trinajstić information content (AvgIpc) is 3.03. The molecule has 1 aromatic heterocycles. The third-order valence-corrected chi connectivity index (χ3v) is 7.00. The molecule has 2 fully saturated rings. The lowest BCUT2D eigenvalue weighted by Crippen LogP contribution is -2.51. The third-order valence-electron chi connectivity index (χ3n) is 6.61. The van der Waals surface area contributed by atoms with E-state index in [1.54, 1.807) is 13.2 Å². The van der Waals surface area contributed by atoms with Gasteiger partial charge in [0, 0.05) is 30.1 Å². The molecule has 3 heterocycles. The molecule has 0 aliphatic carbocycles. The normalized spacial score (nSPS) is 22.5. The van der Waals surface area contributed by atoms with Gasteiger partial charge in [-0.15, -0.1) is 0 Å². The zero-order chi connectivity index (χ0) is 21.5. The van der Waals surface area contributed by atoms with Crippen molar-refractivity contribution in [3.8, 4) is 17.0 Å². The second-order valence-electron chi connectivity index (χ2n) is 8.30. The number of benzene rings is 1. The summed E-state index contributed by atoms with van der Waals surface area (Å²) in [5.41, 5.74) is 9.17.